The van der Waals surface area contributed by atoms with Crippen molar-refractivity contribution in [2.45, 2.75) is 33.4 Å². The van der Waals surface area contributed by atoms with E-state index >= 15 is 0 Å². The Morgan fingerprint density at radius 3 is 2.63 bits per heavy atom. The number of nitrogens with zero attached hydrogens (tertiary/aromatic N) is 4. The molecule has 6 heteroatoms. The first-order chi connectivity index (χ1) is 9.01. The van der Waals surface area contributed by atoms with Crippen LogP contribution in [0.2, 0.25) is 0 Å². The van der Waals surface area contributed by atoms with Crippen LogP contribution in [0, 0.1) is 6.92 Å². The van der Waals surface area contributed by atoms with Gasteiger partial charge < -0.3 is 5.32 Å². The van der Waals surface area contributed by atoms with Gasteiger partial charge in [0.05, 0.1) is 6.54 Å². The van der Waals surface area contributed by atoms with Crippen LogP contribution in [0.3, 0.4) is 0 Å². The van der Waals surface area contributed by atoms with Gasteiger partial charge in [-0.05, 0) is 20.8 Å². The molecular formula is C13H19N5O. The van der Waals surface area contributed by atoms with E-state index in [-0.39, 0.29) is 11.7 Å². The van der Waals surface area contributed by atoms with Crippen LogP contribution in [0.1, 0.15) is 31.4 Å². The number of hydrogen-bond acceptors (Lipinski definition) is 4. The summed E-state index contributed by atoms with van der Waals surface area (Å²) in [7, 11) is 1.81. The van der Waals surface area contributed by atoms with Gasteiger partial charge in [0.2, 0.25) is 0 Å². The Hall–Kier alpha value is -2.11. The maximum atomic E-state index is 12.1. The zero-order valence-electron chi connectivity index (χ0n) is 11.7. The van der Waals surface area contributed by atoms with Gasteiger partial charge in [0.15, 0.2) is 5.82 Å². The second-order valence-corrected chi connectivity index (χ2v) is 4.77. The van der Waals surface area contributed by atoms with Gasteiger partial charge in [0, 0.05) is 37.2 Å². The van der Waals surface area contributed by atoms with Crippen LogP contribution in [0.5, 0.6) is 0 Å². The van der Waals surface area contributed by atoms with E-state index in [4.69, 9.17) is 0 Å². The van der Waals surface area contributed by atoms with Crippen LogP contribution in [0.15, 0.2) is 23.3 Å². The number of rotatable bonds is 4. The van der Waals surface area contributed by atoms with Gasteiger partial charge in [-0.1, -0.05) is 0 Å². The summed E-state index contributed by atoms with van der Waals surface area (Å²) < 4.78 is 3.31. The predicted octanol–water partition coefficient (Wildman–Crippen LogP) is 1.42. The molecule has 2 aromatic heterocycles. The molecule has 2 aromatic rings. The van der Waals surface area contributed by atoms with Gasteiger partial charge >= 0.3 is 5.69 Å². The second-order valence-electron chi connectivity index (χ2n) is 4.77. The molecule has 102 valence electrons. The van der Waals surface area contributed by atoms with E-state index in [0.717, 1.165) is 11.5 Å². The molecule has 1 N–H and O–H groups in total. The molecule has 0 aromatic carbocycles. The standard InChI is InChI=1S/C13H19N5O/c1-9(2)18-6-5-17(13(18)19)8-12-15-10(3)7-11(14-4)16-12/h5-7,9H,8H2,1-4H3,(H,14,15,16). The average molecular weight is 261 g/mol. The number of nitrogens with one attached hydrogen (secondary N) is 1. The number of aryl methyl sites for hydroxylation is 1. The molecule has 0 radical (unpaired) electrons. The fourth-order valence-electron chi connectivity index (χ4n) is 1.92. The van der Waals surface area contributed by atoms with Gasteiger partial charge in [-0.25, -0.2) is 14.8 Å². The van der Waals surface area contributed by atoms with Crippen molar-refractivity contribution >= 4 is 5.82 Å². The molecular weight excluding hydrogens is 242 g/mol. The van der Waals surface area contributed by atoms with Crippen molar-refractivity contribution in [3.63, 3.8) is 0 Å². The molecule has 2 heterocycles. The molecule has 0 spiro atoms. The normalized spacial score (nSPS) is 11.0. The molecule has 0 aliphatic rings. The molecule has 2 rings (SSSR count). The zero-order valence-corrected chi connectivity index (χ0v) is 11.7. The summed E-state index contributed by atoms with van der Waals surface area (Å²) in [6.45, 7) is 6.25. The largest absolute Gasteiger partial charge is 0.373 e. The van der Waals surface area contributed by atoms with Gasteiger partial charge in [-0.2, -0.15) is 0 Å². The number of aromatic nitrogens is 4. The summed E-state index contributed by atoms with van der Waals surface area (Å²) in [5.41, 5.74) is 0.844. The molecule has 0 saturated heterocycles. The van der Waals surface area contributed by atoms with E-state index in [1.807, 2.05) is 33.9 Å². The van der Waals surface area contributed by atoms with Crippen LogP contribution < -0.4 is 11.0 Å². The SMILES string of the molecule is CNc1cc(C)nc(Cn2ccn(C(C)C)c2=O)n1. The summed E-state index contributed by atoms with van der Waals surface area (Å²) in [5, 5.41) is 2.99. The molecule has 0 aliphatic heterocycles. The van der Waals surface area contributed by atoms with E-state index in [2.05, 4.69) is 15.3 Å². The van der Waals surface area contributed by atoms with Crippen molar-refractivity contribution < 1.29 is 0 Å². The molecule has 0 aliphatic carbocycles. The summed E-state index contributed by atoms with van der Waals surface area (Å²) in [6.07, 6.45) is 3.56. The van der Waals surface area contributed by atoms with Crippen molar-refractivity contribution in [2.24, 2.45) is 0 Å². The highest BCUT2D eigenvalue weighted by Crippen LogP contribution is 2.06. The van der Waals surface area contributed by atoms with Gasteiger partial charge in [0.25, 0.3) is 0 Å². The zero-order chi connectivity index (χ0) is 14.0. The lowest BCUT2D eigenvalue weighted by molar-refractivity contribution is 0.558. The van der Waals surface area contributed by atoms with E-state index in [9.17, 15) is 4.79 Å². The van der Waals surface area contributed by atoms with Crippen LogP contribution in [0.25, 0.3) is 0 Å². The van der Waals surface area contributed by atoms with Crippen molar-refractivity contribution in [1.82, 2.24) is 19.1 Å². The number of imidazole rings is 1. The van der Waals surface area contributed by atoms with E-state index in [0.29, 0.717) is 12.4 Å². The molecule has 0 atom stereocenters. The highest BCUT2D eigenvalue weighted by atomic mass is 16.1. The first-order valence-corrected chi connectivity index (χ1v) is 6.31. The Kier molecular flexibility index (Phi) is 3.69. The highest BCUT2D eigenvalue weighted by Gasteiger charge is 2.08. The highest BCUT2D eigenvalue weighted by molar-refractivity contribution is 5.34. The van der Waals surface area contributed by atoms with Crippen LogP contribution in [-0.4, -0.2) is 26.1 Å². The second kappa shape index (κ2) is 5.26. The maximum Gasteiger partial charge on any atom is 0.328 e. The molecule has 0 bridgehead atoms. The van der Waals surface area contributed by atoms with Gasteiger partial charge in [0.1, 0.15) is 5.82 Å². The minimum absolute atomic E-state index is 0.0360. The summed E-state index contributed by atoms with van der Waals surface area (Å²) in [5.74, 6) is 1.40. The summed E-state index contributed by atoms with van der Waals surface area (Å²) in [4.78, 5) is 20.8. The predicted molar refractivity (Wildman–Crippen MR) is 74.5 cm³/mol. The minimum atomic E-state index is -0.0360. The third-order valence-corrected chi connectivity index (χ3v) is 2.90. The first kappa shape index (κ1) is 13.3. The van der Waals surface area contributed by atoms with Crippen molar-refractivity contribution in [1.29, 1.82) is 0 Å². The lowest BCUT2D eigenvalue weighted by Crippen LogP contribution is -2.26. The fraction of sp³-hybridized carbons (Fsp3) is 0.462. The van der Waals surface area contributed by atoms with E-state index < -0.39 is 0 Å². The number of anilines is 1. The summed E-state index contributed by atoms with van der Waals surface area (Å²) >= 11 is 0. The Labute approximate surface area is 112 Å². The Morgan fingerprint density at radius 2 is 2.05 bits per heavy atom. The van der Waals surface area contributed by atoms with E-state index in [1.54, 1.807) is 21.5 Å². The molecule has 0 amide bonds. The topological polar surface area (TPSA) is 64.7 Å². The monoisotopic (exact) mass is 261 g/mol. The maximum absolute atomic E-state index is 12.1. The Bertz CT molecular complexity index is 626. The minimum Gasteiger partial charge on any atom is -0.373 e. The lowest BCUT2D eigenvalue weighted by Gasteiger charge is -2.06. The molecule has 0 fully saturated rings. The van der Waals surface area contributed by atoms with Crippen LogP contribution in [-0.2, 0) is 6.54 Å². The fourth-order valence-corrected chi connectivity index (χ4v) is 1.92. The van der Waals surface area contributed by atoms with Crippen molar-refractivity contribution in [3.8, 4) is 0 Å². The third-order valence-electron chi connectivity index (χ3n) is 2.90. The van der Waals surface area contributed by atoms with Crippen LogP contribution in [0.4, 0.5) is 5.82 Å². The van der Waals surface area contributed by atoms with Gasteiger partial charge in [-0.3, -0.25) is 9.13 Å². The quantitative estimate of drug-likeness (QED) is 0.904. The molecule has 0 unspecified atom stereocenters. The Balaban J connectivity index is 2.31. The lowest BCUT2D eigenvalue weighted by atomic mass is 10.4. The smallest absolute Gasteiger partial charge is 0.328 e. The molecule has 0 saturated carbocycles. The average Bonchev–Trinajstić information content (AvgIpc) is 2.70. The van der Waals surface area contributed by atoms with E-state index in [1.165, 1.54) is 0 Å². The van der Waals surface area contributed by atoms with Gasteiger partial charge in [-0.15, -0.1) is 0 Å². The first-order valence-electron chi connectivity index (χ1n) is 6.31. The van der Waals surface area contributed by atoms with Crippen LogP contribution >= 0.6 is 0 Å². The Morgan fingerprint density at radius 1 is 1.32 bits per heavy atom. The van der Waals surface area contributed by atoms with Crippen molar-refractivity contribution in [2.75, 3.05) is 12.4 Å². The third kappa shape index (κ3) is 2.83. The molecule has 6 nitrogen and oxygen atoms in total. The molecule has 19 heavy (non-hydrogen) atoms. The number of hydrogen-bond donors (Lipinski definition) is 1. The van der Waals surface area contributed by atoms with Crippen molar-refractivity contribution in [3.05, 3.63) is 40.5 Å². The summed E-state index contributed by atoms with van der Waals surface area (Å²) in [6, 6.07) is 2.02.